The predicted molar refractivity (Wildman–Crippen MR) is 122 cm³/mol. The lowest BCUT2D eigenvalue weighted by molar-refractivity contribution is -0.0106. The van der Waals surface area contributed by atoms with Gasteiger partial charge in [0.05, 0.1) is 12.7 Å². The van der Waals surface area contributed by atoms with E-state index < -0.39 is 11.2 Å². The fourth-order valence-corrected chi connectivity index (χ4v) is 3.35. The van der Waals surface area contributed by atoms with E-state index in [1.165, 1.54) is 10.8 Å². The smallest absolute Gasteiger partial charge is 0.330 e. The zero-order valence-electron chi connectivity index (χ0n) is 16.3. The van der Waals surface area contributed by atoms with Crippen molar-refractivity contribution in [1.29, 1.82) is 0 Å². The molecule has 0 aliphatic rings. The fraction of sp³-hybridized carbons (Fsp3) is 0.273. The van der Waals surface area contributed by atoms with Gasteiger partial charge in [-0.15, -0.1) is 0 Å². The van der Waals surface area contributed by atoms with Gasteiger partial charge in [0, 0.05) is 22.6 Å². The summed E-state index contributed by atoms with van der Waals surface area (Å²) in [6.45, 7) is 0.274. The standard InChI is InChI=1S/C22H23IN2O5/c23-11-20(13-26)30-15-25-12-18(21(27)24-22(25)28)9-17-7-4-8-19(10-17)29-14-16-5-2-1-3-6-16/h1-8,10,12,20,26H,9,11,13-15H2,(H,24,27,28). The summed E-state index contributed by atoms with van der Waals surface area (Å²) in [4.78, 5) is 26.6. The quantitative estimate of drug-likeness (QED) is 0.315. The molecular formula is C22H23IN2O5. The lowest BCUT2D eigenvalue weighted by Gasteiger charge is -2.14. The molecule has 0 bridgehead atoms. The Morgan fingerprint density at radius 3 is 2.57 bits per heavy atom. The number of benzene rings is 2. The Morgan fingerprint density at radius 1 is 1.07 bits per heavy atom. The van der Waals surface area contributed by atoms with Crippen molar-refractivity contribution in [2.45, 2.75) is 25.9 Å². The van der Waals surface area contributed by atoms with E-state index >= 15 is 0 Å². The van der Waals surface area contributed by atoms with E-state index in [2.05, 4.69) is 27.6 Å². The number of halogens is 1. The van der Waals surface area contributed by atoms with Crippen LogP contribution in [0.4, 0.5) is 0 Å². The number of aromatic amines is 1. The van der Waals surface area contributed by atoms with Crippen molar-refractivity contribution in [3.05, 3.63) is 98.3 Å². The van der Waals surface area contributed by atoms with Crippen LogP contribution in [-0.4, -0.2) is 31.8 Å². The van der Waals surface area contributed by atoms with Crippen LogP contribution in [-0.2, 0) is 24.5 Å². The number of nitrogens with zero attached hydrogens (tertiary/aromatic N) is 1. The van der Waals surface area contributed by atoms with E-state index in [-0.39, 0.29) is 19.4 Å². The number of nitrogens with one attached hydrogen (secondary N) is 1. The van der Waals surface area contributed by atoms with Gasteiger partial charge < -0.3 is 14.6 Å². The predicted octanol–water partition coefficient (Wildman–Crippen LogP) is 2.48. The summed E-state index contributed by atoms with van der Waals surface area (Å²) in [5, 5.41) is 9.22. The van der Waals surface area contributed by atoms with Crippen LogP contribution in [0.2, 0.25) is 0 Å². The van der Waals surface area contributed by atoms with Crippen molar-refractivity contribution in [2.24, 2.45) is 0 Å². The third-order valence-corrected chi connectivity index (χ3v) is 5.43. The van der Waals surface area contributed by atoms with Crippen molar-refractivity contribution >= 4 is 22.6 Å². The number of aliphatic hydroxyl groups is 1. The summed E-state index contributed by atoms with van der Waals surface area (Å²) in [6, 6.07) is 17.4. The minimum absolute atomic E-state index is 0.0446. The monoisotopic (exact) mass is 522 g/mol. The molecule has 3 rings (SSSR count). The fourth-order valence-electron chi connectivity index (χ4n) is 2.81. The summed E-state index contributed by atoms with van der Waals surface area (Å²) in [6.07, 6.45) is 1.47. The van der Waals surface area contributed by atoms with Gasteiger partial charge in [-0.25, -0.2) is 4.79 Å². The summed E-state index contributed by atoms with van der Waals surface area (Å²) in [7, 11) is 0. The summed E-state index contributed by atoms with van der Waals surface area (Å²) in [5.74, 6) is 0.706. The van der Waals surface area contributed by atoms with Crippen LogP contribution in [0.1, 0.15) is 16.7 Å². The van der Waals surface area contributed by atoms with E-state index in [0.29, 0.717) is 28.8 Å². The van der Waals surface area contributed by atoms with E-state index in [1.54, 1.807) is 0 Å². The van der Waals surface area contributed by atoms with Gasteiger partial charge in [0.15, 0.2) is 0 Å². The van der Waals surface area contributed by atoms with Crippen LogP contribution in [0, 0.1) is 0 Å². The Morgan fingerprint density at radius 2 is 1.83 bits per heavy atom. The molecule has 158 valence electrons. The summed E-state index contributed by atoms with van der Waals surface area (Å²) >= 11 is 2.10. The highest BCUT2D eigenvalue weighted by atomic mass is 127. The number of hydrogen-bond acceptors (Lipinski definition) is 5. The number of H-pyrrole nitrogens is 1. The molecule has 0 radical (unpaired) electrons. The van der Waals surface area contributed by atoms with Crippen molar-refractivity contribution in [2.75, 3.05) is 11.0 Å². The minimum Gasteiger partial charge on any atom is -0.489 e. The SMILES string of the molecule is O=c1[nH]c(=O)n(COC(CO)CI)cc1Cc1cccc(OCc2ccccc2)c1. The van der Waals surface area contributed by atoms with Gasteiger partial charge in [-0.3, -0.25) is 14.3 Å². The Labute approximate surface area is 187 Å². The molecular weight excluding hydrogens is 499 g/mol. The zero-order chi connectivity index (χ0) is 21.3. The van der Waals surface area contributed by atoms with Gasteiger partial charge in [0.1, 0.15) is 19.1 Å². The highest BCUT2D eigenvalue weighted by Gasteiger charge is 2.10. The lowest BCUT2D eigenvalue weighted by Crippen LogP contribution is -2.34. The molecule has 3 aromatic rings. The molecule has 0 aliphatic carbocycles. The molecule has 1 unspecified atom stereocenters. The van der Waals surface area contributed by atoms with Crippen LogP contribution in [0.15, 0.2) is 70.4 Å². The second-order valence-electron chi connectivity index (χ2n) is 6.74. The summed E-state index contributed by atoms with van der Waals surface area (Å²) < 4.78 is 13.2. The molecule has 0 amide bonds. The number of hydrogen-bond donors (Lipinski definition) is 2. The molecule has 0 aliphatic heterocycles. The van der Waals surface area contributed by atoms with Crippen molar-refractivity contribution in [3.63, 3.8) is 0 Å². The first-order valence-electron chi connectivity index (χ1n) is 9.45. The van der Waals surface area contributed by atoms with Crippen LogP contribution in [0.25, 0.3) is 0 Å². The van der Waals surface area contributed by atoms with Gasteiger partial charge in [-0.05, 0) is 23.3 Å². The van der Waals surface area contributed by atoms with E-state index in [0.717, 1.165) is 11.1 Å². The zero-order valence-corrected chi connectivity index (χ0v) is 18.4. The molecule has 1 atom stereocenters. The largest absolute Gasteiger partial charge is 0.489 e. The Balaban J connectivity index is 1.71. The first kappa shape index (κ1) is 22.3. The average Bonchev–Trinajstić information content (AvgIpc) is 2.77. The topological polar surface area (TPSA) is 93.6 Å². The van der Waals surface area contributed by atoms with Gasteiger partial charge in [-0.1, -0.05) is 65.1 Å². The van der Waals surface area contributed by atoms with Crippen molar-refractivity contribution in [3.8, 4) is 5.75 Å². The highest BCUT2D eigenvalue weighted by molar-refractivity contribution is 14.1. The molecule has 1 aromatic heterocycles. The third kappa shape index (κ3) is 6.28. The number of aliphatic hydroxyl groups excluding tert-OH is 1. The number of alkyl halides is 1. The van der Waals surface area contributed by atoms with Gasteiger partial charge in [0.2, 0.25) is 0 Å². The maximum absolute atomic E-state index is 12.3. The molecule has 1 heterocycles. The highest BCUT2D eigenvalue weighted by Crippen LogP contribution is 2.17. The third-order valence-electron chi connectivity index (χ3n) is 4.45. The van der Waals surface area contributed by atoms with E-state index in [1.807, 2.05) is 54.6 Å². The molecule has 2 aromatic carbocycles. The Bertz CT molecular complexity index is 1060. The average molecular weight is 522 g/mol. The number of rotatable bonds is 10. The number of ether oxygens (including phenoxy) is 2. The van der Waals surface area contributed by atoms with E-state index in [4.69, 9.17) is 9.47 Å². The first-order chi connectivity index (χ1) is 14.6. The second-order valence-corrected chi connectivity index (χ2v) is 7.62. The Kier molecular flexibility index (Phi) is 8.23. The Hall–Kier alpha value is -2.43. The molecule has 0 fully saturated rings. The molecule has 8 heteroatoms. The van der Waals surface area contributed by atoms with E-state index in [9.17, 15) is 14.7 Å². The molecule has 0 saturated heterocycles. The normalized spacial score (nSPS) is 11.9. The lowest BCUT2D eigenvalue weighted by atomic mass is 10.1. The molecule has 0 spiro atoms. The van der Waals surface area contributed by atoms with Gasteiger partial charge in [-0.2, -0.15) is 0 Å². The van der Waals surface area contributed by atoms with Gasteiger partial charge in [0.25, 0.3) is 5.56 Å². The molecule has 30 heavy (non-hydrogen) atoms. The van der Waals surface area contributed by atoms with Crippen LogP contribution in [0.3, 0.4) is 0 Å². The second kappa shape index (κ2) is 11.1. The number of aromatic nitrogens is 2. The van der Waals surface area contributed by atoms with Crippen LogP contribution in [0.5, 0.6) is 5.75 Å². The van der Waals surface area contributed by atoms with Crippen LogP contribution < -0.4 is 16.0 Å². The minimum atomic E-state index is -0.547. The van der Waals surface area contributed by atoms with Crippen LogP contribution >= 0.6 is 22.6 Å². The maximum Gasteiger partial charge on any atom is 0.330 e. The van der Waals surface area contributed by atoms with Crippen molar-refractivity contribution in [1.82, 2.24) is 9.55 Å². The van der Waals surface area contributed by atoms with Gasteiger partial charge >= 0.3 is 5.69 Å². The first-order valence-corrected chi connectivity index (χ1v) is 11.0. The maximum atomic E-state index is 12.3. The molecule has 2 N–H and O–H groups in total. The molecule has 7 nitrogen and oxygen atoms in total. The van der Waals surface area contributed by atoms with Crippen molar-refractivity contribution < 1.29 is 14.6 Å². The summed E-state index contributed by atoms with van der Waals surface area (Å²) in [5.41, 5.74) is 1.42. The molecule has 0 saturated carbocycles.